The van der Waals surface area contributed by atoms with Gasteiger partial charge in [-0.05, 0) is 50.2 Å². The van der Waals surface area contributed by atoms with E-state index in [0.29, 0.717) is 5.56 Å². The first-order valence-electron chi connectivity index (χ1n) is 8.39. The number of hydrogen-bond donors (Lipinski definition) is 1. The zero-order chi connectivity index (χ0) is 20.7. The highest BCUT2D eigenvalue weighted by atomic mass is 19.3. The lowest BCUT2D eigenvalue weighted by Crippen LogP contribution is -2.34. The molecule has 2 aromatic carbocycles. The molecule has 1 atom stereocenters. The first kappa shape index (κ1) is 21.0. The number of Topliss-reactive ketones (excluding diaryl/α,β-unsaturated/α-hetero) is 1. The standard InChI is InChI=1S/C20H19F2NO5/c1-12-4-3-5-15(10-12)19(26)23-11-17(24)27-13(2)18(25)14-6-8-16(9-7-14)28-20(21)22/h3-10,13,20H,11H2,1-2H3,(H,23,26)/t13-/m1/s1. The van der Waals surface area contributed by atoms with Gasteiger partial charge in [0.15, 0.2) is 6.10 Å². The largest absolute Gasteiger partial charge is 0.453 e. The predicted molar refractivity (Wildman–Crippen MR) is 96.5 cm³/mol. The minimum Gasteiger partial charge on any atom is -0.453 e. The van der Waals surface area contributed by atoms with E-state index in [0.717, 1.165) is 5.56 Å². The summed E-state index contributed by atoms with van der Waals surface area (Å²) in [5, 5.41) is 2.42. The number of alkyl halides is 2. The molecule has 2 rings (SSSR count). The molecule has 148 valence electrons. The molecule has 0 bridgehead atoms. The predicted octanol–water partition coefficient (Wildman–Crippen LogP) is 3.14. The Hall–Kier alpha value is -3.29. The lowest BCUT2D eigenvalue weighted by atomic mass is 10.1. The van der Waals surface area contributed by atoms with Gasteiger partial charge in [0.05, 0.1) is 0 Å². The summed E-state index contributed by atoms with van der Waals surface area (Å²) in [5.41, 5.74) is 1.48. The molecule has 0 unspecified atom stereocenters. The zero-order valence-electron chi connectivity index (χ0n) is 15.3. The number of benzene rings is 2. The third-order valence-corrected chi connectivity index (χ3v) is 3.71. The highest BCUT2D eigenvalue weighted by molar-refractivity contribution is 6.00. The summed E-state index contributed by atoms with van der Waals surface area (Å²) < 4.78 is 33.5. The Balaban J connectivity index is 1.85. The summed E-state index contributed by atoms with van der Waals surface area (Å²) in [6.07, 6.45) is -1.11. The van der Waals surface area contributed by atoms with Gasteiger partial charge in [-0.25, -0.2) is 0 Å². The molecule has 0 heterocycles. The van der Waals surface area contributed by atoms with Crippen molar-refractivity contribution in [2.75, 3.05) is 6.54 Å². The molecule has 0 aliphatic carbocycles. The topological polar surface area (TPSA) is 81.7 Å². The summed E-state index contributed by atoms with van der Waals surface area (Å²) in [7, 11) is 0. The van der Waals surface area contributed by atoms with Gasteiger partial charge in [0, 0.05) is 11.1 Å². The third-order valence-electron chi connectivity index (χ3n) is 3.71. The number of esters is 1. The number of carbonyl (C=O) groups excluding carboxylic acids is 3. The maximum atomic E-state index is 12.3. The number of ketones is 1. The Morgan fingerprint density at radius 1 is 1.04 bits per heavy atom. The highest BCUT2D eigenvalue weighted by Crippen LogP contribution is 2.16. The number of ether oxygens (including phenoxy) is 2. The number of hydrogen-bond acceptors (Lipinski definition) is 5. The number of aryl methyl sites for hydroxylation is 1. The molecule has 0 spiro atoms. The van der Waals surface area contributed by atoms with Gasteiger partial charge in [-0.3, -0.25) is 14.4 Å². The van der Waals surface area contributed by atoms with Gasteiger partial charge >= 0.3 is 12.6 Å². The molecule has 0 aromatic heterocycles. The first-order valence-corrected chi connectivity index (χ1v) is 8.39. The summed E-state index contributed by atoms with van der Waals surface area (Å²) in [4.78, 5) is 36.1. The van der Waals surface area contributed by atoms with Crippen LogP contribution in [0.25, 0.3) is 0 Å². The Bertz CT molecular complexity index is 852. The molecule has 8 heteroatoms. The monoisotopic (exact) mass is 391 g/mol. The van der Waals surface area contributed by atoms with Crippen molar-refractivity contribution in [3.63, 3.8) is 0 Å². The highest BCUT2D eigenvalue weighted by Gasteiger charge is 2.20. The van der Waals surface area contributed by atoms with E-state index < -0.39 is 36.9 Å². The fourth-order valence-corrected chi connectivity index (χ4v) is 2.37. The molecule has 0 fully saturated rings. The van der Waals surface area contributed by atoms with Crippen LogP contribution in [0.1, 0.15) is 33.2 Å². The molecule has 0 saturated heterocycles. The van der Waals surface area contributed by atoms with Crippen molar-refractivity contribution in [2.24, 2.45) is 0 Å². The van der Waals surface area contributed by atoms with Crippen molar-refractivity contribution in [1.29, 1.82) is 0 Å². The van der Waals surface area contributed by atoms with Crippen molar-refractivity contribution >= 4 is 17.7 Å². The molecule has 0 aliphatic rings. The maximum absolute atomic E-state index is 12.3. The van der Waals surface area contributed by atoms with Crippen molar-refractivity contribution in [3.05, 3.63) is 65.2 Å². The average Bonchev–Trinajstić information content (AvgIpc) is 2.65. The second-order valence-corrected chi connectivity index (χ2v) is 5.95. The molecular weight excluding hydrogens is 372 g/mol. The summed E-state index contributed by atoms with van der Waals surface area (Å²) in [6.45, 7) is -0.140. The third kappa shape index (κ3) is 6.15. The summed E-state index contributed by atoms with van der Waals surface area (Å²) in [6, 6.07) is 11.9. The molecule has 0 saturated carbocycles. The van der Waals surface area contributed by atoms with Crippen LogP contribution in [-0.2, 0) is 9.53 Å². The fourth-order valence-electron chi connectivity index (χ4n) is 2.37. The SMILES string of the molecule is Cc1cccc(C(=O)NCC(=O)O[C@H](C)C(=O)c2ccc(OC(F)F)cc2)c1. The molecule has 0 radical (unpaired) electrons. The molecule has 1 N–H and O–H groups in total. The second-order valence-electron chi connectivity index (χ2n) is 5.95. The van der Waals surface area contributed by atoms with Crippen LogP contribution < -0.4 is 10.1 Å². The zero-order valence-corrected chi connectivity index (χ0v) is 15.3. The van der Waals surface area contributed by atoms with E-state index in [1.165, 1.54) is 31.2 Å². The normalized spacial score (nSPS) is 11.6. The number of rotatable bonds is 8. The number of nitrogens with one attached hydrogen (secondary N) is 1. The van der Waals surface area contributed by atoms with Crippen molar-refractivity contribution < 1.29 is 32.6 Å². The Labute approximate surface area is 160 Å². The second kappa shape index (κ2) is 9.59. The summed E-state index contributed by atoms with van der Waals surface area (Å²) in [5.74, 6) is -1.81. The van der Waals surface area contributed by atoms with E-state index in [4.69, 9.17) is 4.74 Å². The van der Waals surface area contributed by atoms with E-state index >= 15 is 0 Å². The van der Waals surface area contributed by atoms with E-state index in [2.05, 4.69) is 10.1 Å². The number of carbonyl (C=O) groups is 3. The van der Waals surface area contributed by atoms with Crippen molar-refractivity contribution in [3.8, 4) is 5.75 Å². The lowest BCUT2D eigenvalue weighted by Gasteiger charge is -2.13. The van der Waals surface area contributed by atoms with Crippen LogP contribution in [-0.4, -0.2) is 36.9 Å². The lowest BCUT2D eigenvalue weighted by molar-refractivity contribution is -0.145. The smallest absolute Gasteiger partial charge is 0.387 e. The molecule has 6 nitrogen and oxygen atoms in total. The number of halogens is 2. The van der Waals surface area contributed by atoms with Crippen molar-refractivity contribution in [1.82, 2.24) is 5.32 Å². The van der Waals surface area contributed by atoms with E-state index in [-0.39, 0.29) is 11.3 Å². The molecule has 28 heavy (non-hydrogen) atoms. The van der Waals surface area contributed by atoms with Gasteiger partial charge in [0.2, 0.25) is 5.78 Å². The average molecular weight is 391 g/mol. The van der Waals surface area contributed by atoms with Gasteiger partial charge in [0.1, 0.15) is 12.3 Å². The minimum absolute atomic E-state index is 0.0879. The molecule has 1 amide bonds. The molecule has 0 aliphatic heterocycles. The number of amides is 1. The first-order chi connectivity index (χ1) is 13.3. The van der Waals surface area contributed by atoms with Crippen LogP contribution in [0.5, 0.6) is 5.75 Å². The Morgan fingerprint density at radius 2 is 1.71 bits per heavy atom. The summed E-state index contributed by atoms with van der Waals surface area (Å²) >= 11 is 0. The van der Waals surface area contributed by atoms with Gasteiger partial charge in [-0.1, -0.05) is 17.7 Å². The van der Waals surface area contributed by atoms with E-state index in [9.17, 15) is 23.2 Å². The fraction of sp³-hybridized carbons (Fsp3) is 0.250. The van der Waals surface area contributed by atoms with Crippen LogP contribution in [0.15, 0.2) is 48.5 Å². The van der Waals surface area contributed by atoms with E-state index in [1.54, 1.807) is 18.2 Å². The molecular formula is C20H19F2NO5. The van der Waals surface area contributed by atoms with Crippen LogP contribution >= 0.6 is 0 Å². The maximum Gasteiger partial charge on any atom is 0.387 e. The van der Waals surface area contributed by atoms with Crippen LogP contribution in [0.4, 0.5) is 8.78 Å². The molecule has 2 aromatic rings. The minimum atomic E-state index is -2.96. The van der Waals surface area contributed by atoms with Gasteiger partial charge in [-0.2, -0.15) is 8.78 Å². The van der Waals surface area contributed by atoms with Crippen molar-refractivity contribution in [2.45, 2.75) is 26.6 Å². The van der Waals surface area contributed by atoms with Crippen LogP contribution in [0.3, 0.4) is 0 Å². The van der Waals surface area contributed by atoms with Gasteiger partial charge in [0.25, 0.3) is 5.91 Å². The van der Waals surface area contributed by atoms with Gasteiger partial charge in [-0.15, -0.1) is 0 Å². The Kier molecular flexibility index (Phi) is 7.20. The van der Waals surface area contributed by atoms with Crippen LogP contribution in [0.2, 0.25) is 0 Å². The quantitative estimate of drug-likeness (QED) is 0.552. The van der Waals surface area contributed by atoms with Crippen LogP contribution in [0, 0.1) is 6.92 Å². The Morgan fingerprint density at radius 3 is 2.32 bits per heavy atom. The van der Waals surface area contributed by atoms with Gasteiger partial charge < -0.3 is 14.8 Å². The van der Waals surface area contributed by atoms with E-state index in [1.807, 2.05) is 13.0 Å².